The highest BCUT2D eigenvalue weighted by molar-refractivity contribution is 5.89. The molecule has 35 nitrogen and oxygen atoms in total. The van der Waals surface area contributed by atoms with Crippen molar-refractivity contribution < 1.29 is 47.4 Å². The monoisotopic (exact) mass is 1390 g/mol. The zero-order valence-corrected chi connectivity index (χ0v) is 56.2. The molecule has 0 spiro atoms. The minimum absolute atomic E-state index is 0.00980. The zero-order chi connectivity index (χ0) is 73.2. The Labute approximate surface area is 581 Å². The average molecular weight is 1390 g/mol. The topological polar surface area (TPSA) is 664 Å². The maximum Gasteiger partial charge on any atom is 0.186 e. The SMILES string of the molecule is N=C(N)CCCOc1cccc(-c2ccc(-c3cccc(OCCN=C(N)N)c3OCCCC(=N)N)c(OCCN=C(N)N)c2OCCCC(=N)N)c1OCCN=C(N)N.N=C(N)CCCOc1cccc(-c2cccc(OCCN=C(N)N)c2OCCCC(=N)N)c1OCCN=C(N)N. The fourth-order valence-corrected chi connectivity index (χ4v) is 9.06. The van der Waals surface area contributed by atoms with E-state index < -0.39 is 0 Å². The Morgan fingerprint density at radius 2 is 0.410 bits per heavy atom. The molecule has 0 aliphatic carbocycles. The van der Waals surface area contributed by atoms with Gasteiger partial charge in [0.05, 0.1) is 94.9 Å². The molecular formula is C65H99N25O10. The summed E-state index contributed by atoms with van der Waals surface area (Å²) >= 11 is 0. The molecule has 0 heterocycles. The summed E-state index contributed by atoms with van der Waals surface area (Å²) < 4.78 is 62.4. The molecule has 5 aromatic carbocycles. The van der Waals surface area contributed by atoms with E-state index in [1.807, 2.05) is 48.5 Å². The molecule has 0 aliphatic rings. The van der Waals surface area contributed by atoms with Gasteiger partial charge < -0.3 is 133 Å². The van der Waals surface area contributed by atoms with Crippen molar-refractivity contribution in [2.75, 3.05) is 98.8 Å². The first-order valence-corrected chi connectivity index (χ1v) is 31.9. The van der Waals surface area contributed by atoms with Crippen molar-refractivity contribution >= 4 is 59.0 Å². The first kappa shape index (κ1) is 80.2. The van der Waals surface area contributed by atoms with Crippen molar-refractivity contribution in [3.8, 4) is 90.9 Å². The van der Waals surface area contributed by atoms with Crippen molar-refractivity contribution in [2.45, 2.75) is 64.2 Å². The number of rotatable bonds is 48. The third-order valence-electron chi connectivity index (χ3n) is 13.3. The molecule has 0 bridgehead atoms. The molecule has 0 radical (unpaired) electrons. The summed E-state index contributed by atoms with van der Waals surface area (Å²) in [6.45, 7) is 2.84. The maximum atomic E-state index is 7.79. The molecule has 0 amide bonds. The molecule has 0 atom stereocenters. The van der Waals surface area contributed by atoms with Gasteiger partial charge in [-0.3, -0.25) is 52.0 Å². The van der Waals surface area contributed by atoms with Gasteiger partial charge in [0.2, 0.25) is 0 Å². The van der Waals surface area contributed by atoms with Gasteiger partial charge in [0, 0.05) is 65.5 Å². The van der Waals surface area contributed by atoms with Crippen LogP contribution in [0.3, 0.4) is 0 Å². The summed E-state index contributed by atoms with van der Waals surface area (Å²) in [5.41, 5.74) is 86.8. The predicted octanol–water partition coefficient (Wildman–Crippen LogP) is 2.11. The van der Waals surface area contributed by atoms with Gasteiger partial charge in [0.15, 0.2) is 87.3 Å². The normalized spacial score (nSPS) is 10.4. The Bertz CT molecular complexity index is 3600. The summed E-state index contributed by atoms with van der Waals surface area (Å²) in [6, 6.07) is 25.5. The largest absolute Gasteiger partial charge is 0.490 e. The van der Waals surface area contributed by atoms with Gasteiger partial charge in [-0.05, 0) is 68.5 Å². The van der Waals surface area contributed by atoms with Gasteiger partial charge in [-0.15, -0.1) is 0 Å². The number of nitrogens with one attached hydrogen (secondary N) is 5. The van der Waals surface area contributed by atoms with E-state index in [1.54, 1.807) is 36.4 Å². The van der Waals surface area contributed by atoms with E-state index in [9.17, 15) is 0 Å². The Balaban J connectivity index is 0.000000460. The highest BCUT2D eigenvalue weighted by atomic mass is 16.5. The standard InChI is InChI=1S/C39H59N15O6.C26H40N10O4/c40-30(41)10-3-18-55-28-8-1-7-25(34(28)59-22-16-53-38(48)49)26-13-14-27(36(60-23-17-54-39(50)51)35(26)58-20-5-12-32(44)45)24-6-2-9-29(56-21-15-52-37(46)47)33(24)57-19-4-11-31(42)43;27-21(28)9-3-13-37-19-7-1-6-18(24(19)40-16-12-36-26(33)34)17-5-2-8-20(38-15-11-35-25(31)32)23(17)39-14-4-10-22(29)30/h1-2,6-9,13-14H,3-5,10-12,15-23H2,(H3,40,41)(H3,42,43)(H3,44,45)(H4,46,47,52)(H4,48,49,53)(H4,50,51,54);1-2,5-8H,3-4,9-16H2,(H3,27,28)(H3,29,30)(H4,31,32,35)(H4,33,34,36). The third-order valence-corrected chi connectivity index (χ3v) is 13.3. The van der Waals surface area contributed by atoms with Gasteiger partial charge in [0.25, 0.3) is 0 Å². The van der Waals surface area contributed by atoms with Crippen LogP contribution < -0.4 is 133 Å². The van der Waals surface area contributed by atoms with E-state index in [0.29, 0.717) is 162 Å². The Morgan fingerprint density at radius 3 is 0.640 bits per heavy atom. The van der Waals surface area contributed by atoms with Crippen molar-refractivity contribution in [2.24, 2.45) is 111 Å². The van der Waals surface area contributed by atoms with E-state index >= 15 is 0 Å². The van der Waals surface area contributed by atoms with Crippen LogP contribution in [-0.4, -0.2) is 158 Å². The number of ether oxygens (including phenoxy) is 10. The molecule has 5 rings (SSSR count). The van der Waals surface area contributed by atoms with Crippen LogP contribution in [0.1, 0.15) is 64.2 Å². The molecule has 100 heavy (non-hydrogen) atoms. The molecule has 0 aliphatic heterocycles. The molecule has 0 aromatic heterocycles. The molecule has 544 valence electrons. The van der Waals surface area contributed by atoms with E-state index in [-0.39, 0.29) is 151 Å². The second-order valence-electron chi connectivity index (χ2n) is 21.5. The molecule has 35 N–H and O–H groups in total. The van der Waals surface area contributed by atoms with Crippen molar-refractivity contribution in [1.82, 2.24) is 0 Å². The van der Waals surface area contributed by atoms with E-state index in [2.05, 4.69) is 25.0 Å². The Kier molecular flexibility index (Phi) is 35.7. The van der Waals surface area contributed by atoms with Crippen LogP contribution in [-0.2, 0) is 0 Å². The van der Waals surface area contributed by atoms with Crippen LogP contribution in [0.4, 0.5) is 0 Å². The summed E-state index contributed by atoms with van der Waals surface area (Å²) in [6.07, 6.45) is 4.25. The number of para-hydroxylation sites is 4. The lowest BCUT2D eigenvalue weighted by Crippen LogP contribution is -2.23. The highest BCUT2D eigenvalue weighted by Gasteiger charge is 2.27. The van der Waals surface area contributed by atoms with Gasteiger partial charge in [-0.1, -0.05) is 48.5 Å². The minimum atomic E-state index is -0.109. The lowest BCUT2D eigenvalue weighted by Gasteiger charge is -2.23. The average Bonchev–Trinajstić information content (AvgIpc) is 0.767. The zero-order valence-electron chi connectivity index (χ0n) is 56.2. The lowest BCUT2D eigenvalue weighted by atomic mass is 9.96. The smallest absolute Gasteiger partial charge is 0.186 e. The number of guanidine groups is 5. The second-order valence-corrected chi connectivity index (χ2v) is 21.5. The molecule has 0 fully saturated rings. The summed E-state index contributed by atoms with van der Waals surface area (Å²) in [7, 11) is 0. The van der Waals surface area contributed by atoms with E-state index in [1.165, 1.54) is 0 Å². The van der Waals surface area contributed by atoms with Gasteiger partial charge in [-0.2, -0.15) is 0 Å². The van der Waals surface area contributed by atoms with Crippen LogP contribution in [0.2, 0.25) is 0 Å². The molecule has 35 heteroatoms. The van der Waals surface area contributed by atoms with Crippen LogP contribution in [0.25, 0.3) is 33.4 Å². The Morgan fingerprint density at radius 1 is 0.230 bits per heavy atom. The predicted molar refractivity (Wildman–Crippen MR) is 393 cm³/mol. The van der Waals surface area contributed by atoms with Crippen molar-refractivity contribution in [3.05, 3.63) is 84.9 Å². The minimum Gasteiger partial charge on any atom is -0.490 e. The van der Waals surface area contributed by atoms with Crippen molar-refractivity contribution in [3.63, 3.8) is 0 Å². The van der Waals surface area contributed by atoms with Crippen LogP contribution in [0, 0.1) is 27.0 Å². The second kappa shape index (κ2) is 44.5. The fourth-order valence-electron chi connectivity index (χ4n) is 9.06. The number of amidine groups is 5. The first-order chi connectivity index (χ1) is 48.0. The fraction of sp³-hybridized carbons (Fsp3) is 0.385. The number of nitrogens with zero attached hydrogens (tertiary/aromatic N) is 5. The first-order valence-electron chi connectivity index (χ1n) is 31.9. The number of hydrogen-bond acceptors (Lipinski definition) is 20. The number of benzene rings is 5. The number of hydrogen-bond donors (Lipinski definition) is 20. The molecule has 0 saturated heterocycles. The van der Waals surface area contributed by atoms with Crippen LogP contribution in [0.15, 0.2) is 110 Å². The molecular weight excluding hydrogens is 1290 g/mol. The van der Waals surface area contributed by atoms with Gasteiger partial charge in [-0.25, -0.2) is 0 Å². The number of nitrogens with two attached hydrogens (primary N) is 15. The quantitative estimate of drug-likeness (QED) is 0.0151. The van der Waals surface area contributed by atoms with E-state index in [4.69, 9.17) is 160 Å². The maximum absolute atomic E-state index is 7.79. The summed E-state index contributed by atoms with van der Waals surface area (Å²) in [4.78, 5) is 20.1. The highest BCUT2D eigenvalue weighted by Crippen LogP contribution is 2.52. The molecule has 5 aromatic rings. The van der Waals surface area contributed by atoms with Crippen LogP contribution >= 0.6 is 0 Å². The molecule has 0 unspecified atom stereocenters. The van der Waals surface area contributed by atoms with Gasteiger partial charge in [0.1, 0.15) is 33.0 Å². The van der Waals surface area contributed by atoms with Crippen LogP contribution in [0.5, 0.6) is 57.5 Å². The van der Waals surface area contributed by atoms with E-state index in [0.717, 1.165) is 0 Å². The molecule has 0 saturated carbocycles. The lowest BCUT2D eigenvalue weighted by molar-refractivity contribution is 0.268. The third kappa shape index (κ3) is 30.3. The van der Waals surface area contributed by atoms with Gasteiger partial charge >= 0.3 is 0 Å². The summed E-state index contributed by atoms with van der Waals surface area (Å²) in [5.74, 6) is 3.99. The number of aliphatic imine (C=N–C) groups is 5. The van der Waals surface area contributed by atoms with Crippen molar-refractivity contribution in [1.29, 1.82) is 27.0 Å². The summed E-state index contributed by atoms with van der Waals surface area (Å²) in [5, 5.41) is 38.0. The Hall–Kier alpha value is -12.2.